The molecule has 1 fully saturated rings. The van der Waals surface area contributed by atoms with Crippen molar-refractivity contribution >= 4 is 27.5 Å². The van der Waals surface area contributed by atoms with Crippen LogP contribution in [0.1, 0.15) is 6.23 Å². The summed E-state index contributed by atoms with van der Waals surface area (Å²) in [6.45, 7) is -0.390. The molecule has 21 heavy (non-hydrogen) atoms. The average Bonchev–Trinajstić information content (AvgIpc) is 3.05. The van der Waals surface area contributed by atoms with Crippen molar-refractivity contribution in [1.29, 1.82) is 0 Å². The molecule has 11 heteroatoms. The molecule has 3 radical (unpaired) electrons. The molecule has 4 atom stereocenters. The van der Waals surface area contributed by atoms with Gasteiger partial charge in [-0.25, -0.2) is 15.0 Å². The molecule has 0 saturated carbocycles. The van der Waals surface area contributed by atoms with E-state index in [9.17, 15) is 10.2 Å². The lowest BCUT2D eigenvalue weighted by molar-refractivity contribution is -0.0511. The van der Waals surface area contributed by atoms with Gasteiger partial charge in [0.1, 0.15) is 30.2 Å². The second-order valence-electron chi connectivity index (χ2n) is 4.31. The van der Waals surface area contributed by atoms with Crippen LogP contribution < -0.4 is 5.73 Å². The Bertz CT molecular complexity index is 611. The third-order valence-electron chi connectivity index (χ3n) is 3.18. The predicted molar refractivity (Wildman–Crippen MR) is 70.7 cm³/mol. The van der Waals surface area contributed by atoms with Crippen molar-refractivity contribution in [1.82, 2.24) is 19.5 Å². The largest absolute Gasteiger partial charge is 0.433 e. The first-order valence-corrected chi connectivity index (χ1v) is 6.36. The molecule has 3 rings (SSSR count). The van der Waals surface area contributed by atoms with E-state index in [1.165, 1.54) is 17.2 Å². The summed E-state index contributed by atoms with van der Waals surface area (Å²) < 4.78 is 6.85. The summed E-state index contributed by atoms with van der Waals surface area (Å²) in [6.07, 6.45) is -1.42. The number of nitrogens with two attached hydrogens (primary N) is 1. The smallest absolute Gasteiger partial charge is 0.240 e. The second kappa shape index (κ2) is 6.42. The van der Waals surface area contributed by atoms with Gasteiger partial charge in [0.2, 0.25) is 10.5 Å². The number of hydrogen-bond donors (Lipinski definition) is 5. The van der Waals surface area contributed by atoms with Crippen LogP contribution in [0, 0.1) is 0 Å². The minimum Gasteiger partial charge on any atom is -0.433 e. The Kier molecular flexibility index (Phi) is 4.82. The second-order valence-corrected chi connectivity index (χ2v) is 4.31. The fraction of sp³-hybridized carbons (Fsp3) is 0.500. The van der Waals surface area contributed by atoms with Crippen molar-refractivity contribution in [2.45, 2.75) is 24.5 Å². The number of hydrogen-bond acceptors (Lipinski definition) is 9. The van der Waals surface area contributed by atoms with E-state index in [0.29, 0.717) is 11.2 Å². The number of aromatic nitrogens is 4. The molecule has 1 aliphatic rings. The van der Waals surface area contributed by atoms with Crippen LogP contribution in [-0.4, -0.2) is 75.0 Å². The lowest BCUT2D eigenvalue weighted by Crippen LogP contribution is -2.33. The lowest BCUT2D eigenvalue weighted by atomic mass is 10.1. The maximum absolute atomic E-state index is 9.95. The van der Waals surface area contributed by atoms with Gasteiger partial charge in [-0.05, 0) is 0 Å². The lowest BCUT2D eigenvalue weighted by Gasteiger charge is -2.16. The van der Waals surface area contributed by atoms with Gasteiger partial charge in [0.05, 0.1) is 12.9 Å². The van der Waals surface area contributed by atoms with Gasteiger partial charge in [-0.3, -0.25) is 4.57 Å². The number of anilines is 1. The van der Waals surface area contributed by atoms with Gasteiger partial charge in [0.15, 0.2) is 17.7 Å². The molecule has 0 bridgehead atoms. The first kappa shape index (κ1) is 15.8. The number of imidazole rings is 1. The normalized spacial score (nSPS) is 28.4. The number of ether oxygens (including phenoxy) is 1. The Hall–Kier alpha value is -1.63. The molecular formula is C10H14N5O5Si. The Labute approximate surface area is 122 Å². The molecule has 1 saturated heterocycles. The molecular weight excluding hydrogens is 298 g/mol. The highest BCUT2D eigenvalue weighted by Crippen LogP contribution is 2.31. The first-order chi connectivity index (χ1) is 10.1. The van der Waals surface area contributed by atoms with E-state index in [-0.39, 0.29) is 5.82 Å². The monoisotopic (exact) mass is 312 g/mol. The molecule has 113 valence electrons. The highest BCUT2D eigenvalue weighted by Gasteiger charge is 2.43. The van der Waals surface area contributed by atoms with Gasteiger partial charge in [-0.15, -0.1) is 0 Å². The van der Waals surface area contributed by atoms with Crippen molar-refractivity contribution in [3.8, 4) is 0 Å². The summed E-state index contributed by atoms with van der Waals surface area (Å²) >= 11 is 0. The molecule has 2 aromatic heterocycles. The van der Waals surface area contributed by atoms with E-state index >= 15 is 0 Å². The Balaban J connectivity index is 0.000000774. The third kappa shape index (κ3) is 2.62. The minimum atomic E-state index is -1.19. The molecule has 0 aromatic carbocycles. The van der Waals surface area contributed by atoms with E-state index in [1.54, 1.807) is 0 Å². The number of nitrogens with zero attached hydrogens (tertiary/aromatic N) is 4. The van der Waals surface area contributed by atoms with Crippen LogP contribution in [0.15, 0.2) is 12.7 Å². The topological polar surface area (TPSA) is 160 Å². The van der Waals surface area contributed by atoms with Crippen LogP contribution in [0.5, 0.6) is 0 Å². The maximum Gasteiger partial charge on any atom is 0.240 e. The fourth-order valence-electron chi connectivity index (χ4n) is 2.17. The molecule has 0 spiro atoms. The maximum atomic E-state index is 9.95. The number of aliphatic hydroxyl groups is 3. The van der Waals surface area contributed by atoms with E-state index in [4.69, 9.17) is 20.4 Å². The zero-order chi connectivity index (χ0) is 15.6. The Morgan fingerprint density at radius 1 is 1.24 bits per heavy atom. The SMILES string of the molecule is Nc1ncnc2c1ncn2[C@@H]1O[C@H](CO)[C@@H](O)[C@H]1O.O[Si]. The molecule has 0 unspecified atom stereocenters. The van der Waals surface area contributed by atoms with E-state index in [1.807, 2.05) is 10.5 Å². The quantitative estimate of drug-likeness (QED) is 0.366. The Morgan fingerprint density at radius 3 is 2.57 bits per heavy atom. The van der Waals surface area contributed by atoms with Gasteiger partial charge in [-0.2, -0.15) is 0 Å². The minimum absolute atomic E-state index is 0.218. The van der Waals surface area contributed by atoms with Gasteiger partial charge in [0.25, 0.3) is 0 Å². The summed E-state index contributed by atoms with van der Waals surface area (Å²) in [6, 6.07) is 0. The predicted octanol–water partition coefficient (Wildman–Crippen LogP) is -2.92. The van der Waals surface area contributed by atoms with Crippen molar-refractivity contribution < 1.29 is 24.9 Å². The van der Waals surface area contributed by atoms with E-state index in [2.05, 4.69) is 15.0 Å². The standard InChI is InChI=1S/C10H13N5O4.HOSi/c11-8-5-9(13-2-12-8)15(3-14-5)10-7(18)6(17)4(1-16)19-10;1-2/h2-4,6-7,10,16-18H,1H2,(H2,11,12,13);1H/t4-,6-,7-,10-;/m1./s1. The van der Waals surface area contributed by atoms with E-state index in [0.717, 1.165) is 0 Å². The van der Waals surface area contributed by atoms with Crippen molar-refractivity contribution in [2.24, 2.45) is 0 Å². The zero-order valence-electron chi connectivity index (χ0n) is 10.7. The number of fused-ring (bicyclic) bond motifs is 1. The van der Waals surface area contributed by atoms with Crippen LogP contribution in [0.3, 0.4) is 0 Å². The van der Waals surface area contributed by atoms with Gasteiger partial charge < -0.3 is 30.6 Å². The van der Waals surface area contributed by atoms with Crippen LogP contribution in [0.25, 0.3) is 11.2 Å². The van der Waals surface area contributed by atoms with Crippen molar-refractivity contribution in [3.05, 3.63) is 12.7 Å². The molecule has 0 aliphatic carbocycles. The first-order valence-electron chi connectivity index (χ1n) is 5.91. The summed E-state index contributed by atoms with van der Waals surface area (Å²) in [5.41, 5.74) is 6.44. The number of rotatable bonds is 2. The van der Waals surface area contributed by atoms with Gasteiger partial charge >= 0.3 is 0 Å². The third-order valence-corrected chi connectivity index (χ3v) is 3.18. The molecule has 10 nitrogen and oxygen atoms in total. The molecule has 6 N–H and O–H groups in total. The van der Waals surface area contributed by atoms with Gasteiger partial charge in [0, 0.05) is 0 Å². The Morgan fingerprint density at radius 2 is 1.95 bits per heavy atom. The van der Waals surface area contributed by atoms with Gasteiger partial charge in [-0.1, -0.05) is 0 Å². The highest BCUT2D eigenvalue weighted by atomic mass is 28.2. The van der Waals surface area contributed by atoms with Crippen molar-refractivity contribution in [3.63, 3.8) is 0 Å². The number of nitrogen functional groups attached to an aromatic ring is 1. The molecule has 3 heterocycles. The molecule has 1 aliphatic heterocycles. The summed E-state index contributed by atoms with van der Waals surface area (Å²) in [4.78, 5) is 18.7. The summed E-state index contributed by atoms with van der Waals surface area (Å²) in [5.74, 6) is 0.218. The fourth-order valence-corrected chi connectivity index (χ4v) is 2.17. The van der Waals surface area contributed by atoms with Crippen LogP contribution in [0.4, 0.5) is 5.82 Å². The number of aliphatic hydroxyl groups excluding tert-OH is 3. The van der Waals surface area contributed by atoms with Crippen LogP contribution in [-0.2, 0) is 4.74 Å². The van der Waals surface area contributed by atoms with E-state index < -0.39 is 31.1 Å². The molecule has 2 aromatic rings. The van der Waals surface area contributed by atoms with Crippen molar-refractivity contribution in [2.75, 3.05) is 12.3 Å². The van der Waals surface area contributed by atoms with Crippen LogP contribution in [0.2, 0.25) is 0 Å². The van der Waals surface area contributed by atoms with Crippen LogP contribution >= 0.6 is 0 Å². The summed E-state index contributed by atoms with van der Waals surface area (Å²) in [7, 11) is 1.97. The highest BCUT2D eigenvalue weighted by molar-refractivity contribution is 5.95. The average molecular weight is 312 g/mol. The molecule has 0 amide bonds. The summed E-state index contributed by atoms with van der Waals surface area (Å²) in [5, 5.41) is 28.7. The zero-order valence-corrected chi connectivity index (χ0v) is 11.7.